The van der Waals surface area contributed by atoms with Gasteiger partial charge in [0.05, 0.1) is 12.7 Å². The Hall–Kier alpha value is -2.60. The van der Waals surface area contributed by atoms with Crippen LogP contribution in [0, 0.1) is 5.82 Å². The van der Waals surface area contributed by atoms with E-state index < -0.39 is 5.97 Å². The molecule has 26 heavy (non-hydrogen) atoms. The molecule has 0 fully saturated rings. The van der Waals surface area contributed by atoms with Crippen LogP contribution in [0.5, 0.6) is 0 Å². The molecule has 2 aromatic carbocycles. The molecule has 2 rings (SSSR count). The van der Waals surface area contributed by atoms with Crippen LogP contribution < -0.4 is 5.32 Å². The molecule has 0 aliphatic carbocycles. The van der Waals surface area contributed by atoms with Crippen LogP contribution in [0.3, 0.4) is 0 Å². The Labute approximate surface area is 156 Å². The van der Waals surface area contributed by atoms with Crippen molar-refractivity contribution in [2.24, 2.45) is 0 Å². The van der Waals surface area contributed by atoms with E-state index in [1.165, 1.54) is 25.3 Å². The van der Waals surface area contributed by atoms with Crippen LogP contribution >= 0.6 is 11.8 Å². The third-order valence-electron chi connectivity index (χ3n) is 3.46. The lowest BCUT2D eigenvalue weighted by molar-refractivity contribution is -0.116. The maximum absolute atomic E-state index is 12.8. The Morgan fingerprint density at radius 3 is 2.46 bits per heavy atom. The molecule has 0 aromatic heterocycles. The van der Waals surface area contributed by atoms with Gasteiger partial charge < -0.3 is 10.1 Å². The number of carbonyl (C=O) groups is 2. The van der Waals surface area contributed by atoms with Crippen molar-refractivity contribution in [2.45, 2.75) is 11.3 Å². The van der Waals surface area contributed by atoms with Crippen molar-refractivity contribution in [1.82, 2.24) is 5.32 Å². The van der Waals surface area contributed by atoms with Gasteiger partial charge in [0.2, 0.25) is 5.91 Å². The molecule has 0 unspecified atom stereocenters. The SMILES string of the molecule is COC(=O)c1ccc(/C=C/C(=O)NCCCSc2ccc(F)cc2)cc1. The summed E-state index contributed by atoms with van der Waals surface area (Å²) in [4.78, 5) is 24.1. The molecule has 0 bridgehead atoms. The van der Waals surface area contributed by atoms with Crippen molar-refractivity contribution >= 4 is 29.7 Å². The van der Waals surface area contributed by atoms with Crippen molar-refractivity contribution in [3.63, 3.8) is 0 Å². The molecule has 136 valence electrons. The van der Waals surface area contributed by atoms with Gasteiger partial charge in [0.25, 0.3) is 0 Å². The number of rotatable bonds is 8. The van der Waals surface area contributed by atoms with Gasteiger partial charge >= 0.3 is 5.97 Å². The molecule has 0 heterocycles. The predicted molar refractivity (Wildman–Crippen MR) is 102 cm³/mol. The molecule has 2 aromatic rings. The summed E-state index contributed by atoms with van der Waals surface area (Å²) in [6.07, 6.45) is 3.96. The van der Waals surface area contributed by atoms with E-state index in [4.69, 9.17) is 0 Å². The number of amides is 1. The monoisotopic (exact) mass is 373 g/mol. The van der Waals surface area contributed by atoms with Crippen LogP contribution in [-0.2, 0) is 9.53 Å². The highest BCUT2D eigenvalue weighted by molar-refractivity contribution is 7.99. The molecule has 1 amide bonds. The van der Waals surface area contributed by atoms with Crippen LogP contribution in [0.15, 0.2) is 59.5 Å². The Balaban J connectivity index is 1.67. The Kier molecular flexibility index (Phi) is 7.89. The molecule has 6 heteroatoms. The Morgan fingerprint density at radius 1 is 1.12 bits per heavy atom. The quantitative estimate of drug-likeness (QED) is 0.330. The number of thioether (sulfide) groups is 1. The summed E-state index contributed by atoms with van der Waals surface area (Å²) >= 11 is 1.62. The topological polar surface area (TPSA) is 55.4 Å². The molecule has 0 radical (unpaired) electrons. The van der Waals surface area contributed by atoms with Gasteiger partial charge in [-0.25, -0.2) is 9.18 Å². The molecule has 1 N–H and O–H groups in total. The van der Waals surface area contributed by atoms with E-state index >= 15 is 0 Å². The van der Waals surface area contributed by atoms with E-state index in [0.717, 1.165) is 22.6 Å². The van der Waals surface area contributed by atoms with Gasteiger partial charge in [-0.3, -0.25) is 4.79 Å². The zero-order valence-corrected chi connectivity index (χ0v) is 15.2. The minimum absolute atomic E-state index is 0.172. The molecule has 4 nitrogen and oxygen atoms in total. The number of esters is 1. The first-order valence-electron chi connectivity index (χ1n) is 8.11. The van der Waals surface area contributed by atoms with E-state index in [9.17, 15) is 14.0 Å². The molecule has 0 atom stereocenters. The third-order valence-corrected chi connectivity index (χ3v) is 4.56. The third kappa shape index (κ3) is 6.72. The molecular formula is C20H20FNO3S. The summed E-state index contributed by atoms with van der Waals surface area (Å²) in [5.74, 6) is 0.0314. The van der Waals surface area contributed by atoms with E-state index in [2.05, 4.69) is 10.1 Å². The molecular weight excluding hydrogens is 353 g/mol. The van der Waals surface area contributed by atoms with E-state index in [1.54, 1.807) is 54.2 Å². The largest absolute Gasteiger partial charge is 0.465 e. The van der Waals surface area contributed by atoms with Crippen LogP contribution in [0.4, 0.5) is 4.39 Å². The highest BCUT2D eigenvalue weighted by atomic mass is 32.2. The summed E-state index contributed by atoms with van der Waals surface area (Å²) in [6, 6.07) is 13.1. The fourth-order valence-electron chi connectivity index (χ4n) is 2.08. The molecule has 0 aliphatic heterocycles. The lowest BCUT2D eigenvalue weighted by Gasteiger charge is -2.03. The molecule has 0 saturated heterocycles. The molecule has 0 spiro atoms. The Bertz CT molecular complexity index is 758. The molecule has 0 saturated carbocycles. The second-order valence-corrected chi connectivity index (χ2v) is 6.56. The summed E-state index contributed by atoms with van der Waals surface area (Å²) in [6.45, 7) is 0.568. The van der Waals surface area contributed by atoms with Crippen LogP contribution in [-0.4, -0.2) is 31.3 Å². The lowest BCUT2D eigenvalue weighted by Crippen LogP contribution is -2.22. The summed E-state index contributed by atoms with van der Waals surface area (Å²) < 4.78 is 17.4. The maximum atomic E-state index is 12.8. The molecule has 0 aliphatic rings. The van der Waals surface area contributed by atoms with Crippen molar-refractivity contribution in [1.29, 1.82) is 0 Å². The standard InChI is InChI=1S/C20H20FNO3S/c1-25-20(24)16-6-3-15(4-7-16)5-12-19(23)22-13-2-14-26-18-10-8-17(21)9-11-18/h3-12H,2,13-14H2,1H3,(H,22,23)/b12-5+. The summed E-state index contributed by atoms with van der Waals surface area (Å²) in [5, 5.41) is 2.81. The number of hydrogen-bond donors (Lipinski definition) is 1. The number of ether oxygens (including phenoxy) is 1. The van der Waals surface area contributed by atoms with Gasteiger partial charge in [-0.1, -0.05) is 12.1 Å². The fourth-order valence-corrected chi connectivity index (χ4v) is 2.94. The van der Waals surface area contributed by atoms with Crippen molar-refractivity contribution in [3.8, 4) is 0 Å². The number of methoxy groups -OCH3 is 1. The number of halogens is 1. The average molecular weight is 373 g/mol. The summed E-state index contributed by atoms with van der Waals surface area (Å²) in [7, 11) is 1.33. The van der Waals surface area contributed by atoms with Crippen LogP contribution in [0.25, 0.3) is 6.08 Å². The minimum atomic E-state index is -0.392. The van der Waals surface area contributed by atoms with Gasteiger partial charge in [0, 0.05) is 17.5 Å². The second-order valence-electron chi connectivity index (χ2n) is 5.39. The van der Waals surface area contributed by atoms with Crippen LogP contribution in [0.1, 0.15) is 22.3 Å². The Morgan fingerprint density at radius 2 is 1.81 bits per heavy atom. The highest BCUT2D eigenvalue weighted by Crippen LogP contribution is 2.18. The lowest BCUT2D eigenvalue weighted by atomic mass is 10.1. The highest BCUT2D eigenvalue weighted by Gasteiger charge is 2.03. The van der Waals surface area contributed by atoms with E-state index in [1.807, 2.05) is 0 Å². The van der Waals surface area contributed by atoms with Crippen molar-refractivity contribution in [2.75, 3.05) is 19.4 Å². The zero-order chi connectivity index (χ0) is 18.8. The minimum Gasteiger partial charge on any atom is -0.465 e. The summed E-state index contributed by atoms with van der Waals surface area (Å²) in [5.41, 5.74) is 1.28. The van der Waals surface area contributed by atoms with Crippen molar-refractivity contribution in [3.05, 3.63) is 71.6 Å². The first-order valence-corrected chi connectivity index (χ1v) is 9.09. The smallest absolute Gasteiger partial charge is 0.337 e. The first-order chi connectivity index (χ1) is 12.6. The van der Waals surface area contributed by atoms with Gasteiger partial charge in [-0.2, -0.15) is 0 Å². The fraction of sp³-hybridized carbons (Fsp3) is 0.200. The zero-order valence-electron chi connectivity index (χ0n) is 14.4. The van der Waals surface area contributed by atoms with Gasteiger partial charge in [0.1, 0.15) is 5.82 Å². The van der Waals surface area contributed by atoms with E-state index in [0.29, 0.717) is 12.1 Å². The van der Waals surface area contributed by atoms with Gasteiger partial charge in [0.15, 0.2) is 0 Å². The van der Waals surface area contributed by atoms with Gasteiger partial charge in [-0.15, -0.1) is 11.8 Å². The normalized spacial score (nSPS) is 10.7. The second kappa shape index (κ2) is 10.4. The first kappa shape index (κ1) is 19.7. The predicted octanol–water partition coefficient (Wildman–Crippen LogP) is 3.92. The number of nitrogens with one attached hydrogen (secondary N) is 1. The van der Waals surface area contributed by atoms with Crippen molar-refractivity contribution < 1.29 is 18.7 Å². The number of hydrogen-bond acceptors (Lipinski definition) is 4. The van der Waals surface area contributed by atoms with E-state index in [-0.39, 0.29) is 11.7 Å². The average Bonchev–Trinajstić information content (AvgIpc) is 2.67. The number of carbonyl (C=O) groups excluding carboxylic acids is 2. The number of benzene rings is 2. The van der Waals surface area contributed by atoms with Crippen LogP contribution in [0.2, 0.25) is 0 Å². The van der Waals surface area contributed by atoms with Gasteiger partial charge in [-0.05, 0) is 60.2 Å². The maximum Gasteiger partial charge on any atom is 0.337 e.